The molecule has 0 unspecified atom stereocenters. The van der Waals surface area contributed by atoms with Crippen molar-refractivity contribution in [2.75, 3.05) is 52.9 Å². The molecule has 2 aliphatic heterocycles. The van der Waals surface area contributed by atoms with Crippen LogP contribution in [0.25, 0.3) is 6.08 Å². The summed E-state index contributed by atoms with van der Waals surface area (Å²) in [5.41, 5.74) is 0.640. The number of likely N-dealkylation sites (tertiary alicyclic amines) is 1. The van der Waals surface area contributed by atoms with Crippen molar-refractivity contribution >= 4 is 35.6 Å². The van der Waals surface area contributed by atoms with Crippen molar-refractivity contribution in [2.45, 2.75) is 38.1 Å². The molecule has 3 rings (SSSR count). The van der Waals surface area contributed by atoms with Crippen molar-refractivity contribution in [3.63, 3.8) is 0 Å². The van der Waals surface area contributed by atoms with Crippen LogP contribution in [0.15, 0.2) is 24.3 Å². The van der Waals surface area contributed by atoms with E-state index < -0.39 is 5.82 Å². The summed E-state index contributed by atoms with van der Waals surface area (Å²) < 4.78 is 17.9. The molecule has 0 saturated carbocycles. The Hall–Kier alpha value is -2.65. The molecule has 1 aromatic rings. The average molecular weight is 509 g/mol. The Labute approximate surface area is 211 Å². The van der Waals surface area contributed by atoms with Gasteiger partial charge in [-0.1, -0.05) is 17.7 Å². The summed E-state index contributed by atoms with van der Waals surface area (Å²) in [4.78, 5) is 42.4. The van der Waals surface area contributed by atoms with Gasteiger partial charge in [0, 0.05) is 57.8 Å². The lowest BCUT2D eigenvalue weighted by Gasteiger charge is -2.32. The van der Waals surface area contributed by atoms with Gasteiger partial charge in [-0.15, -0.1) is 0 Å². The van der Waals surface area contributed by atoms with Gasteiger partial charge in [0.15, 0.2) is 0 Å². The zero-order valence-electron chi connectivity index (χ0n) is 20.2. The topological polar surface area (TPSA) is 82.2 Å². The molecule has 0 aliphatic carbocycles. The Morgan fingerprint density at radius 3 is 2.60 bits per heavy atom. The largest absolute Gasteiger partial charge is 0.453 e. The number of amides is 3. The molecule has 1 aromatic carbocycles. The van der Waals surface area contributed by atoms with Crippen molar-refractivity contribution < 1.29 is 23.5 Å². The van der Waals surface area contributed by atoms with E-state index in [1.54, 1.807) is 17.0 Å². The first-order valence-electron chi connectivity index (χ1n) is 12.1. The lowest BCUT2D eigenvalue weighted by Crippen LogP contribution is -2.44. The van der Waals surface area contributed by atoms with Crippen LogP contribution in [0.2, 0.25) is 5.02 Å². The fourth-order valence-electron chi connectivity index (χ4n) is 4.38. The molecule has 1 N–H and O–H groups in total. The number of carbonyl (C=O) groups is 3. The van der Waals surface area contributed by atoms with E-state index in [9.17, 15) is 18.8 Å². The Morgan fingerprint density at radius 2 is 1.89 bits per heavy atom. The number of benzene rings is 1. The van der Waals surface area contributed by atoms with Gasteiger partial charge in [0.2, 0.25) is 11.8 Å². The molecule has 2 heterocycles. The Bertz CT molecular complexity index is 921. The predicted octanol–water partition coefficient (Wildman–Crippen LogP) is 3.15. The molecule has 0 radical (unpaired) electrons. The lowest BCUT2D eigenvalue weighted by molar-refractivity contribution is -0.130. The minimum atomic E-state index is -0.501. The van der Waals surface area contributed by atoms with Gasteiger partial charge >= 0.3 is 6.09 Å². The fraction of sp³-hybridized carbons (Fsp3) is 0.560. The number of halogens is 2. The van der Waals surface area contributed by atoms with Crippen LogP contribution in [-0.4, -0.2) is 91.6 Å². The molecule has 0 atom stereocenters. The van der Waals surface area contributed by atoms with Crippen LogP contribution in [0.5, 0.6) is 0 Å². The molecule has 0 aromatic heterocycles. The standard InChI is InChI=1S/C25H34ClFN4O4/c1-35-25(34)28-20-8-13-29(14-9-20)11-2-3-12-30-16-17-31(15-10-24(30)33)23(32)7-5-19-4-6-22(27)21(26)18-19/h4-7,18,20H,2-3,8-17H2,1H3,(H,28,34). The molecule has 0 spiro atoms. The summed E-state index contributed by atoms with van der Waals surface area (Å²) in [7, 11) is 1.37. The van der Waals surface area contributed by atoms with Gasteiger partial charge in [0.1, 0.15) is 5.82 Å². The van der Waals surface area contributed by atoms with Crippen LogP contribution in [-0.2, 0) is 14.3 Å². The number of nitrogens with zero attached hydrogens (tertiary/aromatic N) is 3. The maximum absolute atomic E-state index is 13.3. The van der Waals surface area contributed by atoms with Gasteiger partial charge in [-0.2, -0.15) is 0 Å². The summed E-state index contributed by atoms with van der Waals surface area (Å²) in [5, 5.41) is 2.87. The predicted molar refractivity (Wildman–Crippen MR) is 132 cm³/mol. The van der Waals surface area contributed by atoms with Crippen molar-refractivity contribution in [1.82, 2.24) is 20.0 Å². The number of hydrogen-bond acceptors (Lipinski definition) is 5. The van der Waals surface area contributed by atoms with Gasteiger partial charge in [-0.3, -0.25) is 9.59 Å². The Kier molecular flexibility index (Phi) is 10.3. The van der Waals surface area contributed by atoms with Gasteiger partial charge in [0.05, 0.1) is 12.1 Å². The van der Waals surface area contributed by atoms with E-state index in [0.29, 0.717) is 38.2 Å². The van der Waals surface area contributed by atoms with Crippen LogP contribution in [0, 0.1) is 5.82 Å². The summed E-state index contributed by atoms with van der Waals surface area (Å²) in [6.45, 7) is 4.92. The van der Waals surface area contributed by atoms with Gasteiger partial charge < -0.3 is 24.8 Å². The van der Waals surface area contributed by atoms with Crippen LogP contribution in [0.1, 0.15) is 37.7 Å². The Morgan fingerprint density at radius 1 is 1.14 bits per heavy atom. The third-order valence-electron chi connectivity index (χ3n) is 6.51. The van der Waals surface area contributed by atoms with E-state index in [-0.39, 0.29) is 29.0 Å². The van der Waals surface area contributed by atoms with Gasteiger partial charge in [0.25, 0.3) is 0 Å². The second-order valence-corrected chi connectivity index (χ2v) is 9.33. The number of carbonyl (C=O) groups excluding carboxylic acids is 3. The van der Waals surface area contributed by atoms with E-state index in [4.69, 9.17) is 11.6 Å². The SMILES string of the molecule is COC(=O)NC1CCN(CCCCN2CCN(C(=O)C=Cc3ccc(F)c(Cl)c3)CCC2=O)CC1. The van der Waals surface area contributed by atoms with Crippen molar-refractivity contribution in [3.05, 3.63) is 40.7 Å². The molecule has 10 heteroatoms. The number of piperidine rings is 1. The quantitative estimate of drug-likeness (QED) is 0.431. The van der Waals surface area contributed by atoms with Gasteiger partial charge in [-0.25, -0.2) is 9.18 Å². The molecular weight excluding hydrogens is 475 g/mol. The van der Waals surface area contributed by atoms with E-state index in [1.807, 2.05) is 4.90 Å². The van der Waals surface area contributed by atoms with Crippen LogP contribution >= 0.6 is 11.6 Å². The third kappa shape index (κ3) is 8.50. The summed E-state index contributed by atoms with van der Waals surface area (Å²) >= 11 is 5.79. The first kappa shape index (κ1) is 26.9. The number of unbranched alkanes of at least 4 members (excludes halogenated alkanes) is 1. The molecule has 2 saturated heterocycles. The molecule has 2 aliphatic rings. The normalized spacial score (nSPS) is 18.1. The van der Waals surface area contributed by atoms with E-state index in [0.717, 1.165) is 45.3 Å². The first-order chi connectivity index (χ1) is 16.9. The van der Waals surface area contributed by atoms with Crippen LogP contribution in [0.4, 0.5) is 9.18 Å². The summed E-state index contributed by atoms with van der Waals surface area (Å²) in [6.07, 6.45) is 6.69. The number of rotatable bonds is 8. The molecule has 8 nitrogen and oxygen atoms in total. The lowest BCUT2D eigenvalue weighted by atomic mass is 10.0. The highest BCUT2D eigenvalue weighted by atomic mass is 35.5. The smallest absolute Gasteiger partial charge is 0.407 e. The van der Waals surface area contributed by atoms with E-state index in [2.05, 4.69) is 15.0 Å². The van der Waals surface area contributed by atoms with E-state index in [1.165, 1.54) is 25.3 Å². The second kappa shape index (κ2) is 13.4. The average Bonchev–Trinajstić information content (AvgIpc) is 3.04. The van der Waals surface area contributed by atoms with Gasteiger partial charge in [-0.05, 0) is 56.0 Å². The molecule has 0 bridgehead atoms. The maximum Gasteiger partial charge on any atom is 0.407 e. The molecule has 192 valence electrons. The number of nitrogens with one attached hydrogen (secondary N) is 1. The number of methoxy groups -OCH3 is 1. The Balaban J connectivity index is 1.36. The van der Waals surface area contributed by atoms with Crippen molar-refractivity contribution in [2.24, 2.45) is 0 Å². The molecular formula is C25H34ClFN4O4. The minimum absolute atomic E-state index is 0.00987. The summed E-state index contributed by atoms with van der Waals surface area (Å²) in [5.74, 6) is -0.603. The highest BCUT2D eigenvalue weighted by Crippen LogP contribution is 2.17. The fourth-order valence-corrected chi connectivity index (χ4v) is 4.57. The zero-order chi connectivity index (χ0) is 25.2. The van der Waals surface area contributed by atoms with Crippen molar-refractivity contribution in [1.29, 1.82) is 0 Å². The zero-order valence-corrected chi connectivity index (χ0v) is 20.9. The van der Waals surface area contributed by atoms with Crippen molar-refractivity contribution in [3.8, 4) is 0 Å². The molecule has 3 amide bonds. The molecule has 35 heavy (non-hydrogen) atoms. The summed E-state index contributed by atoms with van der Waals surface area (Å²) in [6, 6.07) is 4.46. The minimum Gasteiger partial charge on any atom is -0.453 e. The van der Waals surface area contributed by atoms with Crippen LogP contribution in [0.3, 0.4) is 0 Å². The first-order valence-corrected chi connectivity index (χ1v) is 12.5. The molecule has 2 fully saturated rings. The number of ether oxygens (including phenoxy) is 1. The number of hydrogen-bond donors (Lipinski definition) is 1. The highest BCUT2D eigenvalue weighted by Gasteiger charge is 2.23. The van der Waals surface area contributed by atoms with E-state index >= 15 is 0 Å². The number of alkyl carbamates (subject to hydrolysis) is 1. The maximum atomic E-state index is 13.3. The monoisotopic (exact) mass is 508 g/mol. The highest BCUT2D eigenvalue weighted by molar-refractivity contribution is 6.30. The third-order valence-corrected chi connectivity index (χ3v) is 6.80. The second-order valence-electron chi connectivity index (χ2n) is 8.92. The van der Waals surface area contributed by atoms with Crippen LogP contribution < -0.4 is 5.32 Å².